The van der Waals surface area contributed by atoms with Crippen LogP contribution >= 0.6 is 11.3 Å². The highest BCUT2D eigenvalue weighted by molar-refractivity contribution is 7.15. The summed E-state index contributed by atoms with van der Waals surface area (Å²) in [5.41, 5.74) is 2.33. The van der Waals surface area contributed by atoms with E-state index < -0.39 is 0 Å². The molecule has 0 saturated heterocycles. The second-order valence-corrected chi connectivity index (χ2v) is 6.29. The average Bonchev–Trinajstić information content (AvgIpc) is 3.14. The zero-order valence-corrected chi connectivity index (χ0v) is 13.2. The maximum absolute atomic E-state index is 12.8. The van der Waals surface area contributed by atoms with Gasteiger partial charge < -0.3 is 9.88 Å². The lowest BCUT2D eigenvalue weighted by Gasteiger charge is -2.03. The lowest BCUT2D eigenvalue weighted by Crippen LogP contribution is -2.16. The van der Waals surface area contributed by atoms with Gasteiger partial charge >= 0.3 is 0 Å². The summed E-state index contributed by atoms with van der Waals surface area (Å²) >= 11 is 1.71. The van der Waals surface area contributed by atoms with E-state index in [-0.39, 0.29) is 5.82 Å². The van der Waals surface area contributed by atoms with Gasteiger partial charge in [-0.3, -0.25) is 0 Å². The van der Waals surface area contributed by atoms with Crippen LogP contribution in [0.15, 0.2) is 48.8 Å². The summed E-state index contributed by atoms with van der Waals surface area (Å²) in [5.74, 6) is -0.187. The molecule has 0 fully saturated rings. The smallest absolute Gasteiger partial charge is 0.123 e. The normalized spacial score (nSPS) is 11.0. The van der Waals surface area contributed by atoms with Crippen LogP contribution in [0.3, 0.4) is 0 Å². The Hall–Kier alpha value is -1.98. The second-order valence-electron chi connectivity index (χ2n) is 5.18. The van der Waals surface area contributed by atoms with E-state index >= 15 is 0 Å². The number of hydrogen-bond acceptors (Lipinski definition) is 3. The molecule has 1 N–H and O–H groups in total. The van der Waals surface area contributed by atoms with Gasteiger partial charge in [0.2, 0.25) is 0 Å². The van der Waals surface area contributed by atoms with E-state index in [1.165, 1.54) is 22.7 Å². The third-order valence-electron chi connectivity index (χ3n) is 3.53. The fraction of sp³-hybridized carbons (Fsp3) is 0.235. The quantitative estimate of drug-likeness (QED) is 0.704. The lowest BCUT2D eigenvalue weighted by molar-refractivity contribution is 0.626. The van der Waals surface area contributed by atoms with E-state index in [1.54, 1.807) is 11.3 Å². The van der Waals surface area contributed by atoms with Crippen LogP contribution < -0.4 is 5.32 Å². The van der Waals surface area contributed by atoms with Crippen molar-refractivity contribution in [2.45, 2.75) is 13.0 Å². The van der Waals surface area contributed by atoms with Crippen LogP contribution in [0.2, 0.25) is 0 Å². The molecule has 0 aliphatic rings. The zero-order chi connectivity index (χ0) is 15.4. The molecule has 0 radical (unpaired) electrons. The number of nitrogens with zero attached hydrogens (tertiary/aromatic N) is 2. The molecule has 5 heteroatoms. The molecule has 114 valence electrons. The van der Waals surface area contributed by atoms with Gasteiger partial charge in [-0.1, -0.05) is 12.1 Å². The molecule has 0 atom stereocenters. The van der Waals surface area contributed by atoms with Crippen LogP contribution in [0, 0.1) is 5.82 Å². The summed E-state index contributed by atoms with van der Waals surface area (Å²) in [4.78, 5) is 5.65. The molecule has 0 unspecified atom stereocenters. The molecule has 0 saturated carbocycles. The van der Waals surface area contributed by atoms with Gasteiger partial charge in [-0.05, 0) is 42.8 Å². The molecule has 2 aromatic heterocycles. The highest BCUT2D eigenvalue weighted by atomic mass is 32.1. The summed E-state index contributed by atoms with van der Waals surface area (Å²) < 4.78 is 14.9. The Bertz CT molecular complexity index is 730. The molecule has 0 aliphatic carbocycles. The van der Waals surface area contributed by atoms with Crippen LogP contribution in [0.5, 0.6) is 0 Å². The third kappa shape index (κ3) is 3.61. The molecule has 3 rings (SSSR count). The van der Waals surface area contributed by atoms with Crippen molar-refractivity contribution >= 4 is 11.3 Å². The first kappa shape index (κ1) is 14.9. The molecule has 0 bridgehead atoms. The molecular formula is C17H18FN3S. The van der Waals surface area contributed by atoms with Gasteiger partial charge in [0.15, 0.2) is 0 Å². The number of nitrogens with one attached hydrogen (secondary N) is 1. The predicted octanol–water partition coefficient (Wildman–Crippen LogP) is 3.62. The van der Waals surface area contributed by atoms with Gasteiger partial charge in [-0.2, -0.15) is 0 Å². The van der Waals surface area contributed by atoms with Crippen LogP contribution in [0.4, 0.5) is 4.39 Å². The summed E-state index contributed by atoms with van der Waals surface area (Å²) in [6.45, 7) is 1.61. The SMILES string of the molecule is Cn1cccc1-c1cnc(CNCCc2ccc(F)cc2)s1. The molecule has 3 aromatic rings. The summed E-state index contributed by atoms with van der Waals surface area (Å²) in [5, 5.41) is 4.46. The second kappa shape index (κ2) is 6.85. The van der Waals surface area contributed by atoms with Gasteiger partial charge in [0, 0.05) is 26.0 Å². The number of benzene rings is 1. The highest BCUT2D eigenvalue weighted by Gasteiger charge is 2.06. The largest absolute Gasteiger partial charge is 0.350 e. The van der Waals surface area contributed by atoms with E-state index in [9.17, 15) is 4.39 Å². The summed E-state index contributed by atoms with van der Waals surface area (Å²) in [7, 11) is 2.04. The van der Waals surface area contributed by atoms with E-state index in [4.69, 9.17) is 0 Å². The first-order valence-corrected chi connectivity index (χ1v) is 8.05. The first-order chi connectivity index (χ1) is 10.7. The molecular weight excluding hydrogens is 297 g/mol. The molecule has 0 spiro atoms. The van der Waals surface area contributed by atoms with Crippen molar-refractivity contribution in [2.75, 3.05) is 6.54 Å². The van der Waals surface area contributed by atoms with Crippen molar-refractivity contribution in [3.8, 4) is 10.6 Å². The Kier molecular flexibility index (Phi) is 4.65. The Labute approximate surface area is 133 Å². The minimum Gasteiger partial charge on any atom is -0.350 e. The zero-order valence-electron chi connectivity index (χ0n) is 12.4. The van der Waals surface area contributed by atoms with Gasteiger partial charge in [0.25, 0.3) is 0 Å². The lowest BCUT2D eigenvalue weighted by atomic mass is 10.1. The fourth-order valence-corrected chi connectivity index (χ4v) is 3.26. The minimum atomic E-state index is -0.187. The molecule has 0 amide bonds. The van der Waals surface area contributed by atoms with E-state index in [1.807, 2.05) is 37.6 Å². The minimum absolute atomic E-state index is 0.187. The fourth-order valence-electron chi connectivity index (χ4n) is 2.31. The van der Waals surface area contributed by atoms with Crippen LogP contribution in [-0.2, 0) is 20.0 Å². The van der Waals surface area contributed by atoms with Crippen LogP contribution in [0.1, 0.15) is 10.6 Å². The van der Waals surface area contributed by atoms with E-state index in [0.717, 1.165) is 30.1 Å². The number of aryl methyl sites for hydroxylation is 1. The highest BCUT2D eigenvalue weighted by Crippen LogP contribution is 2.25. The van der Waals surface area contributed by atoms with Crippen molar-refractivity contribution in [1.82, 2.24) is 14.9 Å². The van der Waals surface area contributed by atoms with Gasteiger partial charge in [-0.15, -0.1) is 11.3 Å². The molecule has 1 aromatic carbocycles. The van der Waals surface area contributed by atoms with E-state index in [0.29, 0.717) is 0 Å². The number of halogens is 1. The third-order valence-corrected chi connectivity index (χ3v) is 4.55. The summed E-state index contributed by atoms with van der Waals surface area (Å²) in [6.07, 6.45) is 4.85. The van der Waals surface area contributed by atoms with Crippen LogP contribution in [-0.4, -0.2) is 16.1 Å². The van der Waals surface area contributed by atoms with E-state index in [2.05, 4.69) is 20.9 Å². The van der Waals surface area contributed by atoms with Crippen molar-refractivity contribution in [3.05, 3.63) is 65.2 Å². The van der Waals surface area contributed by atoms with Crippen LogP contribution in [0.25, 0.3) is 10.6 Å². The van der Waals surface area contributed by atoms with Gasteiger partial charge in [0.05, 0.1) is 10.6 Å². The Morgan fingerprint density at radius 2 is 2.05 bits per heavy atom. The van der Waals surface area contributed by atoms with Crippen molar-refractivity contribution in [2.24, 2.45) is 7.05 Å². The Morgan fingerprint density at radius 1 is 1.23 bits per heavy atom. The topological polar surface area (TPSA) is 29.9 Å². The average molecular weight is 315 g/mol. The number of thiazole rings is 1. The van der Waals surface area contributed by atoms with Gasteiger partial charge in [0.1, 0.15) is 10.8 Å². The standard InChI is InChI=1S/C17H18FN3S/c1-21-10-2-3-15(21)16-11-20-17(22-16)12-19-9-8-13-4-6-14(18)7-5-13/h2-7,10-11,19H,8-9,12H2,1H3. The van der Waals surface area contributed by atoms with Gasteiger partial charge in [-0.25, -0.2) is 9.37 Å². The predicted molar refractivity (Wildman–Crippen MR) is 88.3 cm³/mol. The van der Waals surface area contributed by atoms with Crippen molar-refractivity contribution in [3.63, 3.8) is 0 Å². The molecule has 22 heavy (non-hydrogen) atoms. The Morgan fingerprint density at radius 3 is 2.77 bits per heavy atom. The van der Waals surface area contributed by atoms with Crippen molar-refractivity contribution in [1.29, 1.82) is 0 Å². The summed E-state index contributed by atoms with van der Waals surface area (Å²) in [6, 6.07) is 10.8. The number of rotatable bonds is 6. The maximum Gasteiger partial charge on any atom is 0.123 e. The monoisotopic (exact) mass is 315 g/mol. The molecule has 2 heterocycles. The maximum atomic E-state index is 12.8. The Balaban J connectivity index is 1.49. The molecule has 3 nitrogen and oxygen atoms in total. The number of hydrogen-bond donors (Lipinski definition) is 1. The first-order valence-electron chi connectivity index (χ1n) is 7.24. The van der Waals surface area contributed by atoms with Crippen molar-refractivity contribution < 1.29 is 4.39 Å². The number of aromatic nitrogens is 2. The molecule has 0 aliphatic heterocycles.